The molecular weight excluding hydrogens is 336 g/mol. The summed E-state index contributed by atoms with van der Waals surface area (Å²) in [6.45, 7) is 0.168. The van der Waals surface area contributed by atoms with Gasteiger partial charge in [0.1, 0.15) is 17.4 Å². The molecule has 0 spiro atoms. The zero-order chi connectivity index (χ0) is 18.1. The highest BCUT2D eigenvalue weighted by Crippen LogP contribution is 2.30. The largest absolute Gasteiger partial charge is 0.450 e. The Balaban J connectivity index is 1.56. The van der Waals surface area contributed by atoms with Crippen LogP contribution in [0.2, 0.25) is 0 Å². The second-order valence-electron chi connectivity index (χ2n) is 5.74. The highest BCUT2D eigenvalue weighted by atomic mass is 16.6. The van der Waals surface area contributed by atoms with E-state index in [0.29, 0.717) is 28.1 Å². The number of fused-ring (bicyclic) bond motifs is 3. The van der Waals surface area contributed by atoms with E-state index < -0.39 is 11.0 Å². The van der Waals surface area contributed by atoms with E-state index in [-0.39, 0.29) is 12.2 Å². The van der Waals surface area contributed by atoms with Crippen LogP contribution in [0.3, 0.4) is 0 Å². The number of aromatic nitrogens is 2. The summed E-state index contributed by atoms with van der Waals surface area (Å²) in [4.78, 5) is 18.7. The van der Waals surface area contributed by atoms with Gasteiger partial charge in [0.25, 0.3) is 5.69 Å². The molecule has 26 heavy (non-hydrogen) atoms. The number of nitro groups is 1. The lowest BCUT2D eigenvalue weighted by atomic mass is 10.1. The number of para-hydroxylation sites is 1. The average Bonchev–Trinajstić information content (AvgIpc) is 3.05. The SMILES string of the molecule is O=[N+]([O-])c1ccc(C(O)CNc2ncnc3c2oc2ccccc23)cc1. The summed E-state index contributed by atoms with van der Waals surface area (Å²) in [6.07, 6.45) is 0.579. The molecule has 0 aliphatic heterocycles. The summed E-state index contributed by atoms with van der Waals surface area (Å²) in [5, 5.41) is 25.0. The Kier molecular flexibility index (Phi) is 3.94. The Morgan fingerprint density at radius 2 is 1.92 bits per heavy atom. The van der Waals surface area contributed by atoms with Crippen molar-refractivity contribution in [2.24, 2.45) is 0 Å². The number of nitrogens with zero attached hydrogens (tertiary/aromatic N) is 3. The summed E-state index contributed by atoms with van der Waals surface area (Å²) >= 11 is 0. The molecule has 0 saturated carbocycles. The Bertz CT molecular complexity index is 1090. The lowest BCUT2D eigenvalue weighted by molar-refractivity contribution is -0.384. The maximum absolute atomic E-state index is 10.7. The summed E-state index contributed by atoms with van der Waals surface area (Å²) in [6, 6.07) is 13.3. The number of benzene rings is 2. The summed E-state index contributed by atoms with van der Waals surface area (Å²) in [5.74, 6) is 0.479. The van der Waals surface area contributed by atoms with Crippen LogP contribution >= 0.6 is 0 Å². The van der Waals surface area contributed by atoms with Gasteiger partial charge in [-0.3, -0.25) is 10.1 Å². The van der Waals surface area contributed by atoms with E-state index in [1.807, 2.05) is 24.3 Å². The molecule has 0 bridgehead atoms. The number of rotatable bonds is 5. The fourth-order valence-electron chi connectivity index (χ4n) is 2.78. The van der Waals surface area contributed by atoms with Gasteiger partial charge in [0.05, 0.1) is 11.0 Å². The van der Waals surface area contributed by atoms with Crippen molar-refractivity contribution in [3.8, 4) is 0 Å². The Hall–Kier alpha value is -3.52. The molecule has 130 valence electrons. The van der Waals surface area contributed by atoms with E-state index in [4.69, 9.17) is 4.42 Å². The van der Waals surface area contributed by atoms with Crippen molar-refractivity contribution in [3.63, 3.8) is 0 Å². The number of nitrogens with one attached hydrogen (secondary N) is 1. The van der Waals surface area contributed by atoms with E-state index in [1.54, 1.807) is 0 Å². The second kappa shape index (κ2) is 6.41. The Labute approximate surface area is 147 Å². The van der Waals surface area contributed by atoms with Crippen molar-refractivity contribution in [3.05, 3.63) is 70.5 Å². The zero-order valence-electron chi connectivity index (χ0n) is 13.5. The first-order valence-corrected chi connectivity index (χ1v) is 7.92. The van der Waals surface area contributed by atoms with E-state index in [0.717, 1.165) is 5.39 Å². The summed E-state index contributed by atoms with van der Waals surface area (Å²) in [7, 11) is 0. The molecule has 2 N–H and O–H groups in total. The first-order valence-electron chi connectivity index (χ1n) is 7.92. The molecule has 2 aromatic carbocycles. The highest BCUT2D eigenvalue weighted by Gasteiger charge is 2.15. The van der Waals surface area contributed by atoms with E-state index in [9.17, 15) is 15.2 Å². The minimum atomic E-state index is -0.856. The van der Waals surface area contributed by atoms with Crippen molar-refractivity contribution in [1.82, 2.24) is 9.97 Å². The number of hydrogen-bond donors (Lipinski definition) is 2. The predicted molar refractivity (Wildman–Crippen MR) is 95.9 cm³/mol. The van der Waals surface area contributed by atoms with Crippen LogP contribution in [0.5, 0.6) is 0 Å². The van der Waals surface area contributed by atoms with Crippen LogP contribution in [0.1, 0.15) is 11.7 Å². The van der Waals surface area contributed by atoms with Crippen molar-refractivity contribution < 1.29 is 14.4 Å². The van der Waals surface area contributed by atoms with Crippen molar-refractivity contribution in [2.45, 2.75) is 6.10 Å². The molecule has 1 atom stereocenters. The quantitative estimate of drug-likeness (QED) is 0.418. The number of non-ortho nitro benzene ring substituents is 1. The van der Waals surface area contributed by atoms with Crippen LogP contribution in [-0.4, -0.2) is 26.5 Å². The van der Waals surface area contributed by atoms with Crippen molar-refractivity contribution >= 4 is 33.6 Å². The maximum atomic E-state index is 10.7. The minimum absolute atomic E-state index is 0.0197. The number of aliphatic hydroxyl groups is 1. The molecule has 0 amide bonds. The molecule has 2 aromatic heterocycles. The molecule has 0 saturated heterocycles. The molecule has 8 nitrogen and oxygen atoms in total. The van der Waals surface area contributed by atoms with E-state index in [1.165, 1.54) is 30.6 Å². The standard InChI is InChI=1S/C18H14N4O4/c23-14(11-5-7-12(8-6-11)22(24)25)9-19-18-17-16(20-10-21-18)13-3-1-2-4-15(13)26-17/h1-8,10,14,23H,9H2,(H,19,20,21). The molecule has 0 aliphatic carbocycles. The maximum Gasteiger partial charge on any atom is 0.269 e. The topological polar surface area (TPSA) is 114 Å². The van der Waals surface area contributed by atoms with Gasteiger partial charge in [0.2, 0.25) is 0 Å². The lowest BCUT2D eigenvalue weighted by Crippen LogP contribution is -2.13. The smallest absolute Gasteiger partial charge is 0.269 e. The van der Waals surface area contributed by atoms with Gasteiger partial charge in [-0.2, -0.15) is 0 Å². The van der Waals surface area contributed by atoms with Crippen molar-refractivity contribution in [2.75, 3.05) is 11.9 Å². The monoisotopic (exact) mass is 350 g/mol. The normalized spacial score (nSPS) is 12.3. The molecule has 8 heteroatoms. The van der Waals surface area contributed by atoms with Gasteiger partial charge < -0.3 is 14.8 Å². The predicted octanol–water partition coefficient (Wildman–Crippen LogP) is 3.43. The van der Waals surface area contributed by atoms with Gasteiger partial charge >= 0.3 is 0 Å². The van der Waals surface area contributed by atoms with Gasteiger partial charge in [-0.25, -0.2) is 9.97 Å². The number of furan rings is 1. The number of aliphatic hydroxyl groups excluding tert-OH is 1. The lowest BCUT2D eigenvalue weighted by Gasteiger charge is -2.12. The first kappa shape index (κ1) is 16.0. The van der Waals surface area contributed by atoms with E-state index >= 15 is 0 Å². The first-order chi connectivity index (χ1) is 12.6. The molecule has 0 aliphatic rings. The molecule has 0 radical (unpaired) electrons. The number of anilines is 1. The Morgan fingerprint density at radius 3 is 2.69 bits per heavy atom. The van der Waals surface area contributed by atoms with Gasteiger partial charge in [0.15, 0.2) is 11.4 Å². The minimum Gasteiger partial charge on any atom is -0.450 e. The fourth-order valence-corrected chi connectivity index (χ4v) is 2.78. The summed E-state index contributed by atoms with van der Waals surface area (Å²) < 4.78 is 5.82. The molecule has 4 aromatic rings. The zero-order valence-corrected chi connectivity index (χ0v) is 13.5. The third-order valence-corrected chi connectivity index (χ3v) is 4.11. The van der Waals surface area contributed by atoms with Gasteiger partial charge in [-0.1, -0.05) is 12.1 Å². The van der Waals surface area contributed by atoms with Gasteiger partial charge in [-0.15, -0.1) is 0 Å². The molecule has 1 unspecified atom stereocenters. The van der Waals surface area contributed by atoms with Crippen LogP contribution in [0.15, 0.2) is 59.3 Å². The summed E-state index contributed by atoms with van der Waals surface area (Å²) in [5.41, 5.74) is 2.47. The molecule has 0 fully saturated rings. The number of nitro benzene ring substituents is 1. The Morgan fingerprint density at radius 1 is 1.15 bits per heavy atom. The molecule has 4 rings (SSSR count). The number of hydrogen-bond acceptors (Lipinski definition) is 7. The third-order valence-electron chi connectivity index (χ3n) is 4.11. The van der Waals surface area contributed by atoms with Crippen molar-refractivity contribution in [1.29, 1.82) is 0 Å². The van der Waals surface area contributed by atoms with Crippen LogP contribution in [0.25, 0.3) is 22.1 Å². The van der Waals surface area contributed by atoms with Crippen LogP contribution in [0.4, 0.5) is 11.5 Å². The molecule has 2 heterocycles. The van der Waals surface area contributed by atoms with Gasteiger partial charge in [0, 0.05) is 24.1 Å². The molecular formula is C18H14N4O4. The van der Waals surface area contributed by atoms with Crippen LogP contribution < -0.4 is 5.32 Å². The van der Waals surface area contributed by atoms with Crippen LogP contribution in [0, 0.1) is 10.1 Å². The van der Waals surface area contributed by atoms with Crippen LogP contribution in [-0.2, 0) is 0 Å². The van der Waals surface area contributed by atoms with E-state index in [2.05, 4.69) is 15.3 Å². The average molecular weight is 350 g/mol. The van der Waals surface area contributed by atoms with Gasteiger partial charge in [-0.05, 0) is 29.8 Å². The highest BCUT2D eigenvalue weighted by molar-refractivity contribution is 6.05. The third kappa shape index (κ3) is 2.82. The second-order valence-corrected chi connectivity index (χ2v) is 5.74. The fraction of sp³-hybridized carbons (Fsp3) is 0.111.